The summed E-state index contributed by atoms with van der Waals surface area (Å²) in [5, 5.41) is 4.33. The number of rotatable bonds is 3. The molecule has 0 saturated carbocycles. The van der Waals surface area contributed by atoms with Gasteiger partial charge in [-0.2, -0.15) is 9.78 Å². The first-order valence-electron chi connectivity index (χ1n) is 6.98. The van der Waals surface area contributed by atoms with Crippen LogP contribution in [0.3, 0.4) is 0 Å². The van der Waals surface area contributed by atoms with Gasteiger partial charge >= 0.3 is 5.97 Å². The second-order valence-electron chi connectivity index (χ2n) is 4.98. The Bertz CT molecular complexity index is 949. The van der Waals surface area contributed by atoms with Crippen LogP contribution in [0.5, 0.6) is 5.88 Å². The Labute approximate surface area is 130 Å². The number of nitrogens with one attached hydrogen (secondary N) is 1. The number of esters is 1. The summed E-state index contributed by atoms with van der Waals surface area (Å²) in [5.41, 5.74) is 2.38. The normalized spacial score (nSPS) is 11.0. The SMILES string of the molecule is Cc1cc(OC(=O)c2ccco2)n(-c2nc3ccccc3[nH]2)n1. The Morgan fingerprint density at radius 1 is 1.26 bits per heavy atom. The number of H-pyrrole nitrogens is 1. The van der Waals surface area contributed by atoms with Crippen molar-refractivity contribution in [3.05, 3.63) is 60.2 Å². The topological polar surface area (TPSA) is 85.9 Å². The lowest BCUT2D eigenvalue weighted by Crippen LogP contribution is -2.11. The number of para-hydroxylation sites is 2. The zero-order valence-corrected chi connectivity index (χ0v) is 12.2. The van der Waals surface area contributed by atoms with Crippen LogP contribution in [0.15, 0.2) is 53.1 Å². The third-order valence-corrected chi connectivity index (χ3v) is 3.30. The molecule has 0 saturated heterocycles. The average Bonchev–Trinajstić information content (AvgIpc) is 3.25. The number of benzene rings is 1. The van der Waals surface area contributed by atoms with Crippen molar-refractivity contribution < 1.29 is 13.9 Å². The van der Waals surface area contributed by atoms with E-state index in [1.807, 2.05) is 31.2 Å². The number of aromatic nitrogens is 4. The number of aryl methyl sites for hydroxylation is 1. The van der Waals surface area contributed by atoms with Crippen molar-refractivity contribution in [3.8, 4) is 11.8 Å². The van der Waals surface area contributed by atoms with Crippen LogP contribution in [0.2, 0.25) is 0 Å². The van der Waals surface area contributed by atoms with Crippen LogP contribution in [0.1, 0.15) is 16.2 Å². The van der Waals surface area contributed by atoms with E-state index in [1.165, 1.54) is 17.0 Å². The molecule has 0 amide bonds. The molecular formula is C16H12N4O3. The molecule has 3 heterocycles. The van der Waals surface area contributed by atoms with E-state index in [0.29, 0.717) is 11.6 Å². The molecule has 0 atom stereocenters. The third-order valence-electron chi connectivity index (χ3n) is 3.30. The van der Waals surface area contributed by atoms with Gasteiger partial charge < -0.3 is 14.1 Å². The van der Waals surface area contributed by atoms with Gasteiger partial charge in [0.05, 0.1) is 23.0 Å². The maximum absolute atomic E-state index is 12.1. The van der Waals surface area contributed by atoms with Crippen LogP contribution in [0.4, 0.5) is 0 Å². The summed E-state index contributed by atoms with van der Waals surface area (Å²) in [4.78, 5) is 19.7. The molecule has 0 aliphatic carbocycles. The predicted molar refractivity (Wildman–Crippen MR) is 81.6 cm³/mol. The minimum Gasteiger partial charge on any atom is -0.457 e. The molecule has 23 heavy (non-hydrogen) atoms. The fraction of sp³-hybridized carbons (Fsp3) is 0.0625. The van der Waals surface area contributed by atoms with Gasteiger partial charge in [0.1, 0.15) is 0 Å². The van der Waals surface area contributed by atoms with Crippen molar-refractivity contribution in [2.45, 2.75) is 6.92 Å². The van der Waals surface area contributed by atoms with Gasteiger partial charge in [-0.25, -0.2) is 9.78 Å². The summed E-state index contributed by atoms with van der Waals surface area (Å²) in [5.74, 6) is 0.275. The molecule has 0 fully saturated rings. The summed E-state index contributed by atoms with van der Waals surface area (Å²) >= 11 is 0. The van der Waals surface area contributed by atoms with Crippen LogP contribution < -0.4 is 4.74 Å². The smallest absolute Gasteiger partial charge is 0.380 e. The average molecular weight is 308 g/mol. The lowest BCUT2D eigenvalue weighted by Gasteiger charge is -2.03. The molecule has 0 spiro atoms. The first-order chi connectivity index (χ1) is 11.2. The van der Waals surface area contributed by atoms with Gasteiger partial charge in [-0.15, -0.1) is 0 Å². The predicted octanol–water partition coefficient (Wildman–Crippen LogP) is 2.87. The number of hydrogen-bond donors (Lipinski definition) is 1. The molecule has 0 aliphatic rings. The van der Waals surface area contributed by atoms with Crippen molar-refractivity contribution in [2.24, 2.45) is 0 Å². The number of carbonyl (C=O) groups is 1. The van der Waals surface area contributed by atoms with Crippen LogP contribution in [0, 0.1) is 6.92 Å². The molecule has 1 N–H and O–H groups in total. The highest BCUT2D eigenvalue weighted by Crippen LogP contribution is 2.21. The zero-order chi connectivity index (χ0) is 15.8. The molecule has 114 valence electrons. The van der Waals surface area contributed by atoms with Gasteiger partial charge in [-0.1, -0.05) is 12.1 Å². The van der Waals surface area contributed by atoms with E-state index in [0.717, 1.165) is 11.0 Å². The molecule has 0 unspecified atom stereocenters. The quantitative estimate of drug-likeness (QED) is 0.588. The van der Waals surface area contributed by atoms with Crippen molar-refractivity contribution in [1.29, 1.82) is 0 Å². The molecule has 7 heteroatoms. The van der Waals surface area contributed by atoms with Gasteiger partial charge in [0.25, 0.3) is 0 Å². The molecule has 0 radical (unpaired) electrons. The molecule has 1 aromatic carbocycles. The number of hydrogen-bond acceptors (Lipinski definition) is 5. The van der Waals surface area contributed by atoms with Crippen molar-refractivity contribution in [1.82, 2.24) is 19.7 Å². The first kappa shape index (κ1) is 13.3. The Morgan fingerprint density at radius 2 is 2.13 bits per heavy atom. The molecule has 3 aromatic heterocycles. The standard InChI is InChI=1S/C16H12N4O3/c1-10-9-14(23-15(21)13-7-4-8-22-13)20(19-10)16-17-11-5-2-3-6-12(11)18-16/h2-9H,1H3,(H,17,18). The fourth-order valence-corrected chi connectivity index (χ4v) is 2.28. The maximum Gasteiger partial charge on any atom is 0.380 e. The van der Waals surface area contributed by atoms with Crippen LogP contribution >= 0.6 is 0 Å². The first-order valence-corrected chi connectivity index (χ1v) is 6.98. The van der Waals surface area contributed by atoms with Gasteiger partial charge in [0.15, 0.2) is 0 Å². The number of carbonyl (C=O) groups excluding carboxylic acids is 1. The van der Waals surface area contributed by atoms with Crippen LogP contribution in [-0.4, -0.2) is 25.7 Å². The Balaban J connectivity index is 1.73. The van der Waals surface area contributed by atoms with E-state index in [4.69, 9.17) is 9.15 Å². The molecular weight excluding hydrogens is 296 g/mol. The Hall–Kier alpha value is -3.35. The van der Waals surface area contributed by atoms with E-state index in [9.17, 15) is 4.79 Å². The van der Waals surface area contributed by atoms with Crippen LogP contribution in [-0.2, 0) is 0 Å². The van der Waals surface area contributed by atoms with E-state index < -0.39 is 5.97 Å². The second kappa shape index (κ2) is 5.13. The van der Waals surface area contributed by atoms with Crippen molar-refractivity contribution in [3.63, 3.8) is 0 Å². The molecule has 4 rings (SSSR count). The second-order valence-corrected chi connectivity index (χ2v) is 4.98. The highest BCUT2D eigenvalue weighted by atomic mass is 16.6. The van der Waals surface area contributed by atoms with Gasteiger partial charge in [-0.3, -0.25) is 0 Å². The summed E-state index contributed by atoms with van der Waals surface area (Å²) in [7, 11) is 0. The van der Waals surface area contributed by atoms with Crippen molar-refractivity contribution in [2.75, 3.05) is 0 Å². The molecule has 4 aromatic rings. The minimum absolute atomic E-state index is 0.125. The lowest BCUT2D eigenvalue weighted by atomic mass is 10.3. The minimum atomic E-state index is -0.590. The Kier molecular flexibility index (Phi) is 2.97. The molecule has 0 bridgehead atoms. The summed E-state index contributed by atoms with van der Waals surface area (Å²) < 4.78 is 11.9. The van der Waals surface area contributed by atoms with Crippen molar-refractivity contribution >= 4 is 17.0 Å². The number of furan rings is 1. The monoisotopic (exact) mass is 308 g/mol. The number of imidazole rings is 1. The largest absolute Gasteiger partial charge is 0.457 e. The maximum atomic E-state index is 12.1. The lowest BCUT2D eigenvalue weighted by molar-refractivity contribution is 0.0689. The Morgan fingerprint density at radius 3 is 2.91 bits per heavy atom. The van der Waals surface area contributed by atoms with Gasteiger partial charge in [-0.05, 0) is 31.2 Å². The number of aromatic amines is 1. The highest BCUT2D eigenvalue weighted by Gasteiger charge is 2.18. The summed E-state index contributed by atoms with van der Waals surface area (Å²) in [6.07, 6.45) is 1.42. The number of ether oxygens (including phenoxy) is 1. The van der Waals surface area contributed by atoms with Gasteiger partial charge in [0.2, 0.25) is 17.6 Å². The highest BCUT2D eigenvalue weighted by molar-refractivity contribution is 5.87. The zero-order valence-electron chi connectivity index (χ0n) is 12.2. The van der Waals surface area contributed by atoms with E-state index in [1.54, 1.807) is 12.1 Å². The molecule has 0 aliphatic heterocycles. The van der Waals surface area contributed by atoms with Gasteiger partial charge in [0, 0.05) is 6.07 Å². The third kappa shape index (κ3) is 2.38. The van der Waals surface area contributed by atoms with E-state index >= 15 is 0 Å². The summed E-state index contributed by atoms with van der Waals surface area (Å²) in [6.45, 7) is 1.81. The number of nitrogens with zero attached hydrogens (tertiary/aromatic N) is 3. The van der Waals surface area contributed by atoms with E-state index in [2.05, 4.69) is 15.1 Å². The van der Waals surface area contributed by atoms with E-state index in [-0.39, 0.29) is 11.6 Å². The fourth-order valence-electron chi connectivity index (χ4n) is 2.28. The molecule has 7 nitrogen and oxygen atoms in total. The van der Waals surface area contributed by atoms with Crippen LogP contribution in [0.25, 0.3) is 17.0 Å². The summed E-state index contributed by atoms with van der Waals surface area (Å²) in [6, 6.07) is 12.4. The number of fused-ring (bicyclic) bond motifs is 1.